The number of halogens is 1. The summed E-state index contributed by atoms with van der Waals surface area (Å²) in [6.45, 7) is 6.85. The number of hydrogen-bond donors (Lipinski definition) is 1. The fraction of sp³-hybridized carbons (Fsp3) is 0.545. The molecule has 0 unspecified atom stereocenters. The van der Waals surface area contributed by atoms with Crippen molar-refractivity contribution in [2.45, 2.75) is 20.4 Å². The van der Waals surface area contributed by atoms with Crippen LogP contribution in [-0.4, -0.2) is 25.1 Å². The van der Waals surface area contributed by atoms with Gasteiger partial charge in [-0.2, -0.15) is 0 Å². The predicted molar refractivity (Wildman–Crippen MR) is 65.6 cm³/mol. The first-order valence-corrected chi connectivity index (χ1v) is 5.64. The van der Waals surface area contributed by atoms with Crippen LogP contribution in [-0.2, 0) is 6.54 Å². The molecule has 3 nitrogen and oxygen atoms in total. The number of rotatable bonds is 5. The number of anilines is 1. The minimum absolute atomic E-state index is 0.728. The molecule has 0 saturated carbocycles. The summed E-state index contributed by atoms with van der Waals surface area (Å²) in [5.74, 6) is 0.876. The summed E-state index contributed by atoms with van der Waals surface area (Å²) in [6, 6.07) is 1.97. The van der Waals surface area contributed by atoms with Gasteiger partial charge in [0.2, 0.25) is 0 Å². The van der Waals surface area contributed by atoms with E-state index in [-0.39, 0.29) is 0 Å². The number of nitrogens with one attached hydrogen (secondary N) is 1. The second-order valence-electron chi connectivity index (χ2n) is 3.35. The first-order valence-electron chi connectivity index (χ1n) is 5.26. The van der Waals surface area contributed by atoms with Gasteiger partial charge in [0.15, 0.2) is 0 Å². The highest BCUT2D eigenvalue weighted by atomic mass is 35.5. The van der Waals surface area contributed by atoms with Gasteiger partial charge in [-0.15, -0.1) is 0 Å². The Morgan fingerprint density at radius 3 is 2.53 bits per heavy atom. The lowest BCUT2D eigenvalue weighted by Gasteiger charge is -2.21. The zero-order valence-corrected chi connectivity index (χ0v) is 10.3. The summed E-state index contributed by atoms with van der Waals surface area (Å²) in [7, 11) is 1.91. The maximum absolute atomic E-state index is 6.19. The Morgan fingerprint density at radius 1 is 1.40 bits per heavy atom. The molecule has 1 aromatic heterocycles. The molecule has 0 atom stereocenters. The molecule has 15 heavy (non-hydrogen) atoms. The molecule has 0 aromatic carbocycles. The van der Waals surface area contributed by atoms with Gasteiger partial charge >= 0.3 is 0 Å². The summed E-state index contributed by atoms with van der Waals surface area (Å²) in [6.07, 6.45) is 1.87. The van der Waals surface area contributed by atoms with E-state index < -0.39 is 0 Å². The fourth-order valence-electron chi connectivity index (χ4n) is 1.53. The van der Waals surface area contributed by atoms with Crippen molar-refractivity contribution in [3.63, 3.8) is 0 Å². The molecule has 1 N–H and O–H groups in total. The van der Waals surface area contributed by atoms with Crippen LogP contribution in [0.2, 0.25) is 5.02 Å². The molecule has 0 bridgehead atoms. The highest BCUT2D eigenvalue weighted by molar-refractivity contribution is 6.33. The molecule has 1 rings (SSSR count). The first kappa shape index (κ1) is 12.3. The van der Waals surface area contributed by atoms with E-state index in [0.717, 1.165) is 36.0 Å². The maximum atomic E-state index is 6.19. The molecule has 0 aliphatic rings. The molecule has 0 radical (unpaired) electrons. The van der Waals surface area contributed by atoms with Crippen LogP contribution in [0.25, 0.3) is 0 Å². The summed E-state index contributed by atoms with van der Waals surface area (Å²) >= 11 is 6.19. The summed E-state index contributed by atoms with van der Waals surface area (Å²) in [5.41, 5.74) is 1.11. The smallest absolute Gasteiger partial charge is 0.147 e. The van der Waals surface area contributed by atoms with Crippen molar-refractivity contribution in [1.29, 1.82) is 0 Å². The van der Waals surface area contributed by atoms with Gasteiger partial charge in [0.05, 0.1) is 5.02 Å². The zero-order valence-electron chi connectivity index (χ0n) is 9.55. The summed E-state index contributed by atoms with van der Waals surface area (Å²) in [5, 5.41) is 3.80. The topological polar surface area (TPSA) is 28.2 Å². The van der Waals surface area contributed by atoms with E-state index in [4.69, 9.17) is 11.6 Å². The van der Waals surface area contributed by atoms with Gasteiger partial charge in [-0.3, -0.25) is 0 Å². The van der Waals surface area contributed by atoms with Gasteiger partial charge in [-0.05, 0) is 32.5 Å². The van der Waals surface area contributed by atoms with Gasteiger partial charge in [-0.1, -0.05) is 11.6 Å². The lowest BCUT2D eigenvalue weighted by Crippen LogP contribution is -2.23. The van der Waals surface area contributed by atoms with Crippen LogP contribution in [0, 0.1) is 0 Å². The Labute approximate surface area is 96.5 Å². The van der Waals surface area contributed by atoms with Crippen LogP contribution in [0.4, 0.5) is 5.82 Å². The largest absolute Gasteiger partial charge is 0.356 e. The Hall–Kier alpha value is -0.800. The van der Waals surface area contributed by atoms with E-state index in [9.17, 15) is 0 Å². The van der Waals surface area contributed by atoms with E-state index in [0.29, 0.717) is 0 Å². The minimum atomic E-state index is 0.728. The molecular weight excluding hydrogens is 210 g/mol. The molecule has 1 aromatic rings. The molecule has 0 amide bonds. The van der Waals surface area contributed by atoms with E-state index in [1.165, 1.54) is 0 Å². The third-order valence-electron chi connectivity index (χ3n) is 2.32. The van der Waals surface area contributed by atoms with Crippen LogP contribution in [0.15, 0.2) is 12.3 Å². The van der Waals surface area contributed by atoms with E-state index in [2.05, 4.69) is 29.0 Å². The van der Waals surface area contributed by atoms with Crippen molar-refractivity contribution in [1.82, 2.24) is 10.3 Å². The fourth-order valence-corrected chi connectivity index (χ4v) is 1.84. The molecule has 0 aliphatic carbocycles. The Morgan fingerprint density at radius 2 is 2.07 bits per heavy atom. The average Bonchev–Trinajstić information content (AvgIpc) is 2.23. The van der Waals surface area contributed by atoms with Crippen LogP contribution in [0.5, 0.6) is 0 Å². The number of nitrogens with zero attached hydrogens (tertiary/aromatic N) is 2. The number of hydrogen-bond acceptors (Lipinski definition) is 3. The Bertz CT molecular complexity index is 311. The Kier molecular flexibility index (Phi) is 4.85. The highest BCUT2D eigenvalue weighted by Gasteiger charge is 2.08. The quantitative estimate of drug-likeness (QED) is 0.837. The molecule has 0 aliphatic heterocycles. The van der Waals surface area contributed by atoms with Crippen LogP contribution in [0.1, 0.15) is 19.4 Å². The van der Waals surface area contributed by atoms with Gasteiger partial charge in [0, 0.05) is 25.8 Å². The monoisotopic (exact) mass is 227 g/mol. The van der Waals surface area contributed by atoms with Crippen LogP contribution >= 0.6 is 11.6 Å². The third-order valence-corrected chi connectivity index (χ3v) is 2.60. The second kappa shape index (κ2) is 5.93. The van der Waals surface area contributed by atoms with Crippen LogP contribution < -0.4 is 10.2 Å². The molecule has 0 fully saturated rings. The number of pyridine rings is 1. The van der Waals surface area contributed by atoms with Crippen molar-refractivity contribution >= 4 is 17.4 Å². The standard InChI is InChI=1S/C11H18ClN3/c1-4-15(5-2)11-10(12)6-9(7-13-3)8-14-11/h6,8,13H,4-5,7H2,1-3H3. The summed E-state index contributed by atoms with van der Waals surface area (Å²) < 4.78 is 0. The predicted octanol–water partition coefficient (Wildman–Crippen LogP) is 2.30. The minimum Gasteiger partial charge on any atom is -0.356 e. The lowest BCUT2D eigenvalue weighted by atomic mass is 10.2. The molecule has 0 spiro atoms. The highest BCUT2D eigenvalue weighted by Crippen LogP contribution is 2.23. The zero-order chi connectivity index (χ0) is 11.3. The van der Waals surface area contributed by atoms with E-state index >= 15 is 0 Å². The van der Waals surface area contributed by atoms with E-state index in [1.807, 2.05) is 19.3 Å². The molecule has 1 heterocycles. The molecule has 0 saturated heterocycles. The molecule has 84 valence electrons. The maximum Gasteiger partial charge on any atom is 0.147 e. The van der Waals surface area contributed by atoms with Crippen LogP contribution in [0.3, 0.4) is 0 Å². The lowest BCUT2D eigenvalue weighted by molar-refractivity contribution is 0.805. The van der Waals surface area contributed by atoms with Crippen molar-refractivity contribution < 1.29 is 0 Å². The normalized spacial score (nSPS) is 10.4. The van der Waals surface area contributed by atoms with Gasteiger partial charge < -0.3 is 10.2 Å². The van der Waals surface area contributed by atoms with E-state index in [1.54, 1.807) is 0 Å². The van der Waals surface area contributed by atoms with Crippen molar-refractivity contribution in [3.05, 3.63) is 22.8 Å². The second-order valence-corrected chi connectivity index (χ2v) is 3.76. The Balaban J connectivity index is 2.91. The SMILES string of the molecule is CCN(CC)c1ncc(CNC)cc1Cl. The molecule has 4 heteroatoms. The van der Waals surface area contributed by atoms with Crippen molar-refractivity contribution in [2.75, 3.05) is 25.0 Å². The molecular formula is C11H18ClN3. The average molecular weight is 228 g/mol. The van der Waals surface area contributed by atoms with Gasteiger partial charge in [-0.25, -0.2) is 4.98 Å². The first-order chi connectivity index (χ1) is 7.22. The van der Waals surface area contributed by atoms with Crippen molar-refractivity contribution in [3.8, 4) is 0 Å². The number of aromatic nitrogens is 1. The summed E-state index contributed by atoms with van der Waals surface area (Å²) in [4.78, 5) is 6.54. The van der Waals surface area contributed by atoms with Gasteiger partial charge in [0.25, 0.3) is 0 Å². The van der Waals surface area contributed by atoms with Gasteiger partial charge in [0.1, 0.15) is 5.82 Å². The van der Waals surface area contributed by atoms with Crippen molar-refractivity contribution in [2.24, 2.45) is 0 Å². The third kappa shape index (κ3) is 3.08.